The van der Waals surface area contributed by atoms with Crippen LogP contribution in [0.3, 0.4) is 0 Å². The van der Waals surface area contributed by atoms with E-state index >= 15 is 0 Å². The lowest BCUT2D eigenvalue weighted by Gasteiger charge is -2.33. The van der Waals surface area contributed by atoms with E-state index in [2.05, 4.69) is 0 Å². The van der Waals surface area contributed by atoms with E-state index in [1.807, 2.05) is 13.8 Å². The summed E-state index contributed by atoms with van der Waals surface area (Å²) in [7, 11) is -1.91. The van der Waals surface area contributed by atoms with Crippen molar-refractivity contribution in [3.63, 3.8) is 0 Å². The molecule has 0 radical (unpaired) electrons. The fourth-order valence-electron chi connectivity index (χ4n) is 1.98. The van der Waals surface area contributed by atoms with E-state index in [-0.39, 0.29) is 23.3 Å². The van der Waals surface area contributed by atoms with E-state index in [1.165, 1.54) is 19.2 Å². The molecule has 1 rings (SSSR count). The van der Waals surface area contributed by atoms with Crippen LogP contribution in [0.1, 0.15) is 25.8 Å². The molecule has 0 aromatic heterocycles. The Balaban J connectivity index is 3.20. The van der Waals surface area contributed by atoms with E-state index in [4.69, 9.17) is 10.5 Å². The first-order chi connectivity index (χ1) is 9.11. The third-order valence-electron chi connectivity index (χ3n) is 3.69. The van der Waals surface area contributed by atoms with Gasteiger partial charge in [-0.25, -0.2) is 8.42 Å². The summed E-state index contributed by atoms with van der Waals surface area (Å²) in [5.41, 5.74) is 6.21. The van der Waals surface area contributed by atoms with Gasteiger partial charge in [-0.3, -0.25) is 4.79 Å². The van der Waals surface area contributed by atoms with Gasteiger partial charge in [0, 0.05) is 17.7 Å². The number of benzene rings is 1. The first-order valence-corrected chi connectivity index (χ1v) is 8.13. The van der Waals surface area contributed by atoms with Crippen molar-refractivity contribution in [1.82, 2.24) is 0 Å². The molecule has 2 atom stereocenters. The average molecular weight is 299 g/mol. The lowest BCUT2D eigenvalue weighted by molar-refractivity contribution is -0.142. The van der Waals surface area contributed by atoms with Crippen LogP contribution in [-0.4, -0.2) is 33.8 Å². The normalized spacial score (nSPS) is 16.2. The predicted molar refractivity (Wildman–Crippen MR) is 77.2 cm³/mol. The minimum atomic E-state index is -3.24. The molecule has 0 aliphatic rings. The molecule has 0 aliphatic heterocycles. The van der Waals surface area contributed by atoms with Gasteiger partial charge in [0.2, 0.25) is 0 Å². The quantitative estimate of drug-likeness (QED) is 0.827. The monoisotopic (exact) mass is 299 g/mol. The summed E-state index contributed by atoms with van der Waals surface area (Å²) in [6.07, 6.45) is 1.29. The number of methoxy groups -OCH3 is 1. The van der Waals surface area contributed by atoms with E-state index in [0.29, 0.717) is 0 Å². The van der Waals surface area contributed by atoms with Crippen LogP contribution in [0.2, 0.25) is 0 Å². The number of nitrogens with two attached hydrogens (primary N) is 1. The standard InChI is InChI=1S/C14H21NO4S/c1-10(15)14(2,9-13(16)19-3)11-5-7-12(8-6-11)20(4,17)18/h5-8,10H,9,15H2,1-4H3. The molecule has 0 amide bonds. The average Bonchev–Trinajstić information content (AvgIpc) is 2.37. The van der Waals surface area contributed by atoms with E-state index in [9.17, 15) is 13.2 Å². The maximum Gasteiger partial charge on any atom is 0.306 e. The van der Waals surface area contributed by atoms with Gasteiger partial charge < -0.3 is 10.5 Å². The van der Waals surface area contributed by atoms with Crippen LogP contribution < -0.4 is 5.73 Å². The number of ether oxygens (including phenoxy) is 1. The molecule has 5 nitrogen and oxygen atoms in total. The van der Waals surface area contributed by atoms with E-state index in [0.717, 1.165) is 11.8 Å². The summed E-state index contributed by atoms with van der Waals surface area (Å²) in [6, 6.07) is 6.17. The summed E-state index contributed by atoms with van der Waals surface area (Å²) in [5, 5.41) is 0. The van der Waals surface area contributed by atoms with Gasteiger partial charge in [-0.05, 0) is 24.6 Å². The van der Waals surface area contributed by atoms with Crippen LogP contribution >= 0.6 is 0 Å². The summed E-state index contributed by atoms with van der Waals surface area (Å²) in [6.45, 7) is 3.68. The second-order valence-electron chi connectivity index (χ2n) is 5.26. The third kappa shape index (κ3) is 3.58. The Labute approximate surface area is 120 Å². The zero-order valence-electron chi connectivity index (χ0n) is 12.2. The van der Waals surface area contributed by atoms with Crippen LogP contribution in [0.25, 0.3) is 0 Å². The minimum Gasteiger partial charge on any atom is -0.469 e. The lowest BCUT2D eigenvalue weighted by Crippen LogP contribution is -2.42. The summed E-state index contributed by atoms with van der Waals surface area (Å²) < 4.78 is 27.6. The van der Waals surface area contributed by atoms with Gasteiger partial charge in [0.05, 0.1) is 18.4 Å². The molecule has 112 valence electrons. The number of sulfone groups is 1. The van der Waals surface area contributed by atoms with Crippen molar-refractivity contribution in [2.45, 2.75) is 36.6 Å². The van der Waals surface area contributed by atoms with Crippen molar-refractivity contribution in [1.29, 1.82) is 0 Å². The fraction of sp³-hybridized carbons (Fsp3) is 0.500. The topological polar surface area (TPSA) is 86.5 Å². The molecule has 1 aromatic carbocycles. The largest absolute Gasteiger partial charge is 0.469 e. The number of rotatable bonds is 5. The van der Waals surface area contributed by atoms with Crippen molar-refractivity contribution in [3.8, 4) is 0 Å². The SMILES string of the molecule is COC(=O)CC(C)(c1ccc(S(C)(=O)=O)cc1)C(C)N. The highest BCUT2D eigenvalue weighted by Crippen LogP contribution is 2.31. The molecule has 0 bridgehead atoms. The Kier molecular flexibility index (Phi) is 4.94. The number of hydrogen-bond donors (Lipinski definition) is 1. The first kappa shape index (κ1) is 16.7. The Morgan fingerprint density at radius 2 is 1.85 bits per heavy atom. The van der Waals surface area contributed by atoms with Gasteiger partial charge in [0.25, 0.3) is 0 Å². The molecule has 0 spiro atoms. The molecule has 6 heteroatoms. The molecule has 0 saturated heterocycles. The highest BCUT2D eigenvalue weighted by atomic mass is 32.2. The van der Waals surface area contributed by atoms with Crippen molar-refractivity contribution in [2.24, 2.45) is 5.73 Å². The Morgan fingerprint density at radius 1 is 1.35 bits per heavy atom. The van der Waals surface area contributed by atoms with Crippen LogP contribution in [0.15, 0.2) is 29.2 Å². The van der Waals surface area contributed by atoms with E-state index in [1.54, 1.807) is 12.1 Å². The zero-order valence-corrected chi connectivity index (χ0v) is 13.0. The Morgan fingerprint density at radius 3 is 2.20 bits per heavy atom. The van der Waals surface area contributed by atoms with E-state index < -0.39 is 15.3 Å². The molecule has 0 fully saturated rings. The van der Waals surface area contributed by atoms with Gasteiger partial charge in [-0.15, -0.1) is 0 Å². The van der Waals surface area contributed by atoms with Crippen molar-refractivity contribution >= 4 is 15.8 Å². The molecule has 2 N–H and O–H groups in total. The van der Waals surface area contributed by atoms with Crippen molar-refractivity contribution in [3.05, 3.63) is 29.8 Å². The number of carbonyl (C=O) groups is 1. The maximum atomic E-state index is 11.6. The molecule has 1 aromatic rings. The first-order valence-electron chi connectivity index (χ1n) is 6.24. The highest BCUT2D eigenvalue weighted by Gasteiger charge is 2.34. The molecule has 2 unspecified atom stereocenters. The number of esters is 1. The third-order valence-corrected chi connectivity index (χ3v) is 4.81. The van der Waals surface area contributed by atoms with Gasteiger partial charge in [-0.1, -0.05) is 19.1 Å². The summed E-state index contributed by atoms with van der Waals surface area (Å²) in [4.78, 5) is 11.8. The number of carbonyl (C=O) groups excluding carboxylic acids is 1. The van der Waals surface area contributed by atoms with Crippen LogP contribution in [0.4, 0.5) is 0 Å². The summed E-state index contributed by atoms with van der Waals surface area (Å²) in [5.74, 6) is -0.350. The Hall–Kier alpha value is -1.40. The highest BCUT2D eigenvalue weighted by molar-refractivity contribution is 7.90. The van der Waals surface area contributed by atoms with Crippen LogP contribution in [0, 0.1) is 0 Å². The molecule has 20 heavy (non-hydrogen) atoms. The lowest BCUT2D eigenvalue weighted by atomic mass is 9.74. The minimum absolute atomic E-state index is 0.138. The predicted octanol–water partition coefficient (Wildman–Crippen LogP) is 1.26. The Bertz CT molecular complexity index is 578. The van der Waals surface area contributed by atoms with Gasteiger partial charge in [0.15, 0.2) is 9.84 Å². The van der Waals surface area contributed by atoms with Crippen molar-refractivity contribution in [2.75, 3.05) is 13.4 Å². The zero-order chi connectivity index (χ0) is 15.6. The van der Waals surface area contributed by atoms with Crippen LogP contribution in [0.5, 0.6) is 0 Å². The smallest absolute Gasteiger partial charge is 0.306 e. The molecular weight excluding hydrogens is 278 g/mol. The molecule has 0 saturated carbocycles. The van der Waals surface area contributed by atoms with Crippen LogP contribution in [-0.2, 0) is 24.8 Å². The second-order valence-corrected chi connectivity index (χ2v) is 7.27. The fourth-order valence-corrected chi connectivity index (χ4v) is 2.61. The second kappa shape index (κ2) is 5.93. The molecule has 0 heterocycles. The molecule has 0 aliphatic carbocycles. The summed E-state index contributed by atoms with van der Waals surface area (Å²) >= 11 is 0. The van der Waals surface area contributed by atoms with Crippen molar-refractivity contribution < 1.29 is 17.9 Å². The number of hydrogen-bond acceptors (Lipinski definition) is 5. The maximum absolute atomic E-state index is 11.6. The molecular formula is C14H21NO4S. The van der Waals surface area contributed by atoms with Gasteiger partial charge in [-0.2, -0.15) is 0 Å². The van der Waals surface area contributed by atoms with Gasteiger partial charge >= 0.3 is 5.97 Å². The van der Waals surface area contributed by atoms with Gasteiger partial charge in [0.1, 0.15) is 0 Å².